The quantitative estimate of drug-likeness (QED) is 0.487. The number of aromatic nitrogens is 3. The molecule has 13 heteroatoms. The molecule has 1 aromatic heterocycles. The average molecular weight is 419 g/mol. The SMILES string of the molecule is CN(c1c(Cl)cccc1C(=O)c1nc(C=O)nc(C=O)n1)S(=O)(=O)C(F)F. The molecule has 0 aliphatic rings. The van der Waals surface area contributed by atoms with Crippen LogP contribution in [0.1, 0.15) is 37.4 Å². The Morgan fingerprint density at radius 3 is 2.19 bits per heavy atom. The van der Waals surface area contributed by atoms with Gasteiger partial charge in [0.15, 0.2) is 24.2 Å². The highest BCUT2D eigenvalue weighted by Crippen LogP contribution is 2.33. The molecular formula is C14H9ClF2N4O5S. The van der Waals surface area contributed by atoms with Crippen LogP contribution in [-0.2, 0) is 10.0 Å². The molecule has 1 aromatic carbocycles. The minimum atomic E-state index is -5.12. The molecule has 27 heavy (non-hydrogen) atoms. The van der Waals surface area contributed by atoms with Gasteiger partial charge in [-0.1, -0.05) is 17.7 Å². The van der Waals surface area contributed by atoms with Crippen molar-refractivity contribution in [3.05, 3.63) is 46.3 Å². The first-order chi connectivity index (χ1) is 12.6. The van der Waals surface area contributed by atoms with Crippen LogP contribution in [0, 0.1) is 0 Å². The maximum atomic E-state index is 12.9. The standard InChI is InChI=1S/C14H9ClF2N4O5S/c1-21(27(25,26)14(16)17)11-7(3-2-4-8(11)15)12(24)13-19-9(5-22)18-10(6-23)20-13/h2-6,14H,1H3. The van der Waals surface area contributed by atoms with Crippen molar-refractivity contribution in [1.29, 1.82) is 0 Å². The molecule has 0 unspecified atom stereocenters. The molecule has 0 atom stereocenters. The Bertz CT molecular complexity index is 1010. The maximum absolute atomic E-state index is 12.9. The van der Waals surface area contributed by atoms with E-state index in [1.165, 1.54) is 12.1 Å². The lowest BCUT2D eigenvalue weighted by molar-refractivity contribution is 0.102. The van der Waals surface area contributed by atoms with Crippen molar-refractivity contribution in [3.8, 4) is 0 Å². The first-order valence-corrected chi connectivity index (χ1v) is 8.77. The van der Waals surface area contributed by atoms with Crippen LogP contribution in [0.4, 0.5) is 14.5 Å². The summed E-state index contributed by atoms with van der Waals surface area (Å²) in [5.41, 5.74) is -0.973. The number of hydrogen-bond donors (Lipinski definition) is 0. The van der Waals surface area contributed by atoms with Crippen molar-refractivity contribution in [1.82, 2.24) is 15.0 Å². The molecule has 0 amide bonds. The summed E-state index contributed by atoms with van der Waals surface area (Å²) in [7, 11) is -4.33. The number of nitrogens with zero attached hydrogens (tertiary/aromatic N) is 4. The molecule has 2 rings (SSSR count). The first-order valence-electron chi connectivity index (χ1n) is 6.89. The van der Waals surface area contributed by atoms with E-state index in [4.69, 9.17) is 11.6 Å². The lowest BCUT2D eigenvalue weighted by Crippen LogP contribution is -2.33. The number of benzene rings is 1. The second-order valence-corrected chi connectivity index (χ2v) is 7.19. The van der Waals surface area contributed by atoms with E-state index in [0.717, 1.165) is 13.1 Å². The van der Waals surface area contributed by atoms with Gasteiger partial charge >= 0.3 is 5.76 Å². The van der Waals surface area contributed by atoms with Crippen LogP contribution in [0.2, 0.25) is 5.02 Å². The Morgan fingerprint density at radius 1 is 1.15 bits per heavy atom. The van der Waals surface area contributed by atoms with Crippen LogP contribution in [0.15, 0.2) is 18.2 Å². The van der Waals surface area contributed by atoms with Crippen molar-refractivity contribution in [2.24, 2.45) is 0 Å². The number of anilines is 1. The maximum Gasteiger partial charge on any atom is 0.355 e. The minimum Gasteiger partial charge on any atom is -0.294 e. The Kier molecular flexibility index (Phi) is 5.91. The van der Waals surface area contributed by atoms with Crippen molar-refractivity contribution in [3.63, 3.8) is 0 Å². The van der Waals surface area contributed by atoms with Gasteiger partial charge in [0.05, 0.1) is 16.3 Å². The number of rotatable bonds is 7. The van der Waals surface area contributed by atoms with Gasteiger partial charge in [-0.25, -0.2) is 23.4 Å². The van der Waals surface area contributed by atoms with E-state index in [1.54, 1.807) is 0 Å². The molecular weight excluding hydrogens is 410 g/mol. The van der Waals surface area contributed by atoms with Crippen LogP contribution in [-0.4, -0.2) is 54.5 Å². The van der Waals surface area contributed by atoms with Gasteiger partial charge < -0.3 is 0 Å². The Balaban J connectivity index is 2.67. The third-order valence-corrected chi connectivity index (χ3v) is 4.94. The molecule has 142 valence electrons. The summed E-state index contributed by atoms with van der Waals surface area (Å²) < 4.78 is 49.4. The summed E-state index contributed by atoms with van der Waals surface area (Å²) in [5, 5.41) is -0.312. The van der Waals surface area contributed by atoms with Crippen LogP contribution in [0.3, 0.4) is 0 Å². The number of ketones is 1. The fourth-order valence-corrected chi connectivity index (χ4v) is 3.04. The summed E-state index contributed by atoms with van der Waals surface area (Å²) >= 11 is 5.91. The second kappa shape index (κ2) is 7.80. The van der Waals surface area contributed by atoms with Crippen LogP contribution < -0.4 is 4.31 Å². The van der Waals surface area contributed by atoms with Gasteiger partial charge in [-0.15, -0.1) is 0 Å². The second-order valence-electron chi connectivity index (χ2n) is 4.85. The molecule has 0 radical (unpaired) electrons. The molecule has 0 N–H and O–H groups in total. The summed E-state index contributed by atoms with van der Waals surface area (Å²) in [5.74, 6) is -6.53. The Labute approximate surface area is 156 Å². The lowest BCUT2D eigenvalue weighted by atomic mass is 10.1. The topological polar surface area (TPSA) is 127 Å². The zero-order valence-corrected chi connectivity index (χ0v) is 14.9. The number of alkyl halides is 2. The van der Waals surface area contributed by atoms with E-state index in [9.17, 15) is 31.6 Å². The molecule has 0 saturated carbocycles. The highest BCUT2D eigenvalue weighted by Gasteiger charge is 2.33. The normalized spacial score (nSPS) is 11.3. The van der Waals surface area contributed by atoms with Crippen molar-refractivity contribution < 1.29 is 31.6 Å². The molecule has 0 fully saturated rings. The van der Waals surface area contributed by atoms with Gasteiger partial charge in [0.1, 0.15) is 0 Å². The number of para-hydroxylation sites is 1. The van der Waals surface area contributed by atoms with Crippen LogP contribution in [0.5, 0.6) is 0 Å². The number of carbonyl (C=O) groups excluding carboxylic acids is 3. The summed E-state index contributed by atoms with van der Waals surface area (Å²) in [6.45, 7) is 0. The van der Waals surface area contributed by atoms with E-state index in [2.05, 4.69) is 15.0 Å². The Hall–Kier alpha value is -2.86. The van der Waals surface area contributed by atoms with Gasteiger partial charge in [-0.05, 0) is 12.1 Å². The summed E-state index contributed by atoms with van der Waals surface area (Å²) in [6.07, 6.45) is 0.329. The number of hydrogen-bond acceptors (Lipinski definition) is 8. The average Bonchev–Trinajstić information content (AvgIpc) is 2.65. The molecule has 1 heterocycles. The van der Waals surface area contributed by atoms with Crippen molar-refractivity contribution in [2.45, 2.75) is 5.76 Å². The van der Waals surface area contributed by atoms with Crippen molar-refractivity contribution in [2.75, 3.05) is 11.4 Å². The predicted octanol–water partition coefficient (Wildman–Crippen LogP) is 1.37. The van der Waals surface area contributed by atoms with Gasteiger partial charge in [0.2, 0.25) is 11.6 Å². The van der Waals surface area contributed by atoms with E-state index in [-0.39, 0.29) is 21.9 Å². The molecule has 0 aliphatic carbocycles. The molecule has 0 spiro atoms. The van der Waals surface area contributed by atoms with E-state index < -0.39 is 50.3 Å². The minimum absolute atomic E-state index is 0.162. The zero-order chi connectivity index (χ0) is 20.4. The number of halogens is 3. The zero-order valence-electron chi connectivity index (χ0n) is 13.3. The third-order valence-electron chi connectivity index (χ3n) is 3.24. The third kappa shape index (κ3) is 3.95. The number of sulfonamides is 1. The van der Waals surface area contributed by atoms with Gasteiger partial charge in [-0.2, -0.15) is 8.78 Å². The molecule has 2 aromatic rings. The Morgan fingerprint density at radius 2 is 1.70 bits per heavy atom. The highest BCUT2D eigenvalue weighted by atomic mass is 35.5. The smallest absolute Gasteiger partial charge is 0.294 e. The highest BCUT2D eigenvalue weighted by molar-refractivity contribution is 7.93. The van der Waals surface area contributed by atoms with Crippen LogP contribution in [0.25, 0.3) is 0 Å². The molecule has 0 bridgehead atoms. The summed E-state index contributed by atoms with van der Waals surface area (Å²) in [6, 6.07) is 3.56. The fourth-order valence-electron chi connectivity index (χ4n) is 2.00. The summed E-state index contributed by atoms with van der Waals surface area (Å²) in [4.78, 5) is 44.9. The van der Waals surface area contributed by atoms with Gasteiger partial charge in [0.25, 0.3) is 10.0 Å². The molecule has 0 aliphatic heterocycles. The lowest BCUT2D eigenvalue weighted by Gasteiger charge is -2.22. The van der Waals surface area contributed by atoms with Gasteiger partial charge in [0, 0.05) is 7.05 Å². The predicted molar refractivity (Wildman–Crippen MR) is 88.8 cm³/mol. The van der Waals surface area contributed by atoms with Gasteiger partial charge in [-0.3, -0.25) is 18.7 Å². The van der Waals surface area contributed by atoms with E-state index >= 15 is 0 Å². The fraction of sp³-hybridized carbons (Fsp3) is 0.143. The largest absolute Gasteiger partial charge is 0.355 e. The van der Waals surface area contributed by atoms with E-state index in [1.807, 2.05) is 0 Å². The first kappa shape index (κ1) is 20.5. The van der Waals surface area contributed by atoms with E-state index in [0.29, 0.717) is 0 Å². The number of aldehydes is 2. The molecule has 9 nitrogen and oxygen atoms in total. The number of carbonyl (C=O) groups is 3. The molecule has 0 saturated heterocycles. The van der Waals surface area contributed by atoms with Crippen LogP contribution >= 0.6 is 11.6 Å². The van der Waals surface area contributed by atoms with Crippen molar-refractivity contribution >= 4 is 45.7 Å². The monoisotopic (exact) mass is 418 g/mol.